The summed E-state index contributed by atoms with van der Waals surface area (Å²) in [7, 11) is 0. The SMILES string of the molecule is C=CCc1cn(Cc2ccccc2)nc1C(=O)NCC(=O)c1nc(O[C@H](C)CC=C)c(C)cc1NC(=O)OC(C)(C)C. The number of anilines is 1. The molecule has 0 bridgehead atoms. The van der Waals surface area contributed by atoms with Gasteiger partial charge in [0.25, 0.3) is 5.91 Å². The summed E-state index contributed by atoms with van der Waals surface area (Å²) in [6.07, 6.45) is 5.22. The van der Waals surface area contributed by atoms with Crippen molar-refractivity contribution in [1.82, 2.24) is 20.1 Å². The summed E-state index contributed by atoms with van der Waals surface area (Å²) in [6, 6.07) is 11.3. The zero-order valence-electron chi connectivity index (χ0n) is 24.9. The first-order chi connectivity index (χ1) is 19.9. The van der Waals surface area contributed by atoms with E-state index in [9.17, 15) is 14.4 Å². The predicted octanol–water partition coefficient (Wildman–Crippen LogP) is 5.67. The van der Waals surface area contributed by atoms with Crippen molar-refractivity contribution in [2.24, 2.45) is 0 Å². The van der Waals surface area contributed by atoms with Crippen molar-refractivity contribution < 1.29 is 23.9 Å². The van der Waals surface area contributed by atoms with Gasteiger partial charge in [0, 0.05) is 23.7 Å². The number of carbonyl (C=O) groups excluding carboxylic acids is 3. The van der Waals surface area contributed by atoms with Crippen LogP contribution < -0.4 is 15.4 Å². The van der Waals surface area contributed by atoms with Crippen LogP contribution in [0.3, 0.4) is 0 Å². The second-order valence-corrected chi connectivity index (χ2v) is 10.9. The molecular formula is C32H39N5O5. The number of aromatic nitrogens is 3. The first-order valence-corrected chi connectivity index (χ1v) is 13.7. The molecule has 10 heteroatoms. The topological polar surface area (TPSA) is 124 Å². The third-order valence-corrected chi connectivity index (χ3v) is 5.89. The second-order valence-electron chi connectivity index (χ2n) is 10.9. The number of hydrogen-bond donors (Lipinski definition) is 2. The van der Waals surface area contributed by atoms with E-state index in [1.165, 1.54) is 0 Å². The lowest BCUT2D eigenvalue weighted by molar-refractivity contribution is 0.0635. The highest BCUT2D eigenvalue weighted by molar-refractivity contribution is 6.06. The van der Waals surface area contributed by atoms with Crippen LogP contribution in [0.25, 0.3) is 0 Å². The first kappa shape index (κ1) is 31.8. The molecule has 3 rings (SSSR count). The lowest BCUT2D eigenvalue weighted by Crippen LogP contribution is -2.32. The van der Waals surface area contributed by atoms with Gasteiger partial charge in [-0.1, -0.05) is 42.5 Å². The molecule has 42 heavy (non-hydrogen) atoms. The molecule has 2 amide bonds. The smallest absolute Gasteiger partial charge is 0.412 e. The Morgan fingerprint density at radius 3 is 2.45 bits per heavy atom. The molecule has 0 radical (unpaired) electrons. The average molecular weight is 574 g/mol. The molecule has 222 valence electrons. The van der Waals surface area contributed by atoms with E-state index in [0.717, 1.165) is 5.56 Å². The number of ether oxygens (including phenoxy) is 2. The number of hydrogen-bond acceptors (Lipinski definition) is 7. The lowest BCUT2D eigenvalue weighted by Gasteiger charge is -2.21. The zero-order valence-corrected chi connectivity index (χ0v) is 24.9. The second kappa shape index (κ2) is 14.2. The number of pyridine rings is 1. The summed E-state index contributed by atoms with van der Waals surface area (Å²) < 4.78 is 13.0. The fourth-order valence-electron chi connectivity index (χ4n) is 4.05. The Bertz CT molecular complexity index is 1440. The van der Waals surface area contributed by atoms with Gasteiger partial charge < -0.3 is 14.8 Å². The maximum Gasteiger partial charge on any atom is 0.412 e. The molecule has 1 atom stereocenters. The molecule has 0 spiro atoms. The quantitative estimate of drug-likeness (QED) is 0.200. The molecule has 1 aromatic carbocycles. The normalized spacial score (nSPS) is 11.7. The van der Waals surface area contributed by atoms with Crippen LogP contribution in [-0.4, -0.2) is 50.8 Å². The molecule has 2 heterocycles. The molecule has 0 saturated heterocycles. The monoisotopic (exact) mass is 573 g/mol. The van der Waals surface area contributed by atoms with Crippen molar-refractivity contribution in [1.29, 1.82) is 0 Å². The number of aryl methyl sites for hydroxylation is 1. The van der Waals surface area contributed by atoms with Crippen LogP contribution in [0.1, 0.15) is 71.8 Å². The van der Waals surface area contributed by atoms with Gasteiger partial charge in [-0.2, -0.15) is 5.10 Å². The summed E-state index contributed by atoms with van der Waals surface area (Å²) in [5.41, 5.74) is 1.83. The van der Waals surface area contributed by atoms with Crippen LogP contribution in [0.4, 0.5) is 10.5 Å². The Labute approximate surface area is 246 Å². The van der Waals surface area contributed by atoms with E-state index in [4.69, 9.17) is 9.47 Å². The van der Waals surface area contributed by atoms with Gasteiger partial charge in [-0.3, -0.25) is 19.6 Å². The van der Waals surface area contributed by atoms with Crippen LogP contribution >= 0.6 is 0 Å². The minimum Gasteiger partial charge on any atom is -0.474 e. The largest absolute Gasteiger partial charge is 0.474 e. The Morgan fingerprint density at radius 1 is 1.10 bits per heavy atom. The van der Waals surface area contributed by atoms with Gasteiger partial charge in [-0.25, -0.2) is 9.78 Å². The van der Waals surface area contributed by atoms with Crippen molar-refractivity contribution in [3.63, 3.8) is 0 Å². The highest BCUT2D eigenvalue weighted by atomic mass is 16.6. The zero-order chi connectivity index (χ0) is 30.9. The maximum atomic E-state index is 13.4. The lowest BCUT2D eigenvalue weighted by atomic mass is 10.1. The third-order valence-electron chi connectivity index (χ3n) is 5.89. The number of ketones is 1. The standard InChI is InChI=1S/C32H39N5O5/c1-8-13-22(4)41-30-21(3)17-25(34-31(40)42-32(5,6)7)28(35-30)26(38)18-33-29(39)27-24(14-9-2)20-37(36-27)19-23-15-11-10-12-16-23/h8-12,15-17,20,22H,1-2,13-14,18-19H2,3-7H3,(H,33,39)(H,34,40)/t22-/m1/s1. The highest BCUT2D eigenvalue weighted by Crippen LogP contribution is 2.26. The molecule has 0 unspecified atom stereocenters. The van der Waals surface area contributed by atoms with E-state index < -0.39 is 29.9 Å². The average Bonchev–Trinajstić information content (AvgIpc) is 3.30. The number of nitrogens with zero attached hydrogens (tertiary/aromatic N) is 3. The summed E-state index contributed by atoms with van der Waals surface area (Å²) in [6.45, 7) is 16.4. The fraction of sp³-hybridized carbons (Fsp3) is 0.344. The van der Waals surface area contributed by atoms with Crippen molar-refractivity contribution >= 4 is 23.5 Å². The number of Topliss-reactive ketones (excluding diaryl/α,β-unsaturated/α-hetero) is 1. The van der Waals surface area contributed by atoms with Crippen molar-refractivity contribution in [3.05, 3.63) is 96.0 Å². The molecular weight excluding hydrogens is 534 g/mol. The third kappa shape index (κ3) is 9.15. The first-order valence-electron chi connectivity index (χ1n) is 13.7. The van der Waals surface area contributed by atoms with Crippen molar-refractivity contribution in [2.75, 3.05) is 11.9 Å². The van der Waals surface area contributed by atoms with Crippen LogP contribution in [-0.2, 0) is 17.7 Å². The van der Waals surface area contributed by atoms with E-state index >= 15 is 0 Å². The van der Waals surface area contributed by atoms with Crippen molar-refractivity contribution in [2.45, 2.75) is 65.7 Å². The van der Waals surface area contributed by atoms with Gasteiger partial charge in [0.1, 0.15) is 17.4 Å². The van der Waals surface area contributed by atoms with E-state index in [1.54, 1.807) is 56.8 Å². The number of amides is 2. The van der Waals surface area contributed by atoms with Crippen LogP contribution in [0.5, 0.6) is 5.88 Å². The summed E-state index contributed by atoms with van der Waals surface area (Å²) >= 11 is 0. The molecule has 10 nitrogen and oxygen atoms in total. The predicted molar refractivity (Wildman–Crippen MR) is 162 cm³/mol. The minimum absolute atomic E-state index is 0.0755. The molecule has 0 aliphatic heterocycles. The minimum atomic E-state index is -0.749. The van der Waals surface area contributed by atoms with E-state index in [0.29, 0.717) is 30.5 Å². The maximum absolute atomic E-state index is 13.4. The van der Waals surface area contributed by atoms with E-state index in [2.05, 4.69) is 33.9 Å². The molecule has 2 aromatic heterocycles. The highest BCUT2D eigenvalue weighted by Gasteiger charge is 2.24. The van der Waals surface area contributed by atoms with Gasteiger partial charge in [0.15, 0.2) is 5.69 Å². The van der Waals surface area contributed by atoms with E-state index in [-0.39, 0.29) is 29.1 Å². The number of rotatable bonds is 13. The number of allylic oxidation sites excluding steroid dienone is 1. The van der Waals surface area contributed by atoms with Gasteiger partial charge in [-0.15, -0.1) is 13.2 Å². The summed E-state index contributed by atoms with van der Waals surface area (Å²) in [5.74, 6) is -0.817. The number of nitrogens with one attached hydrogen (secondary N) is 2. The summed E-state index contributed by atoms with van der Waals surface area (Å²) in [4.78, 5) is 43.6. The van der Waals surface area contributed by atoms with Crippen LogP contribution in [0.15, 0.2) is 67.9 Å². The number of carbonyl (C=O) groups is 3. The van der Waals surface area contributed by atoms with Gasteiger partial charge in [0.05, 0.1) is 18.8 Å². The van der Waals surface area contributed by atoms with Gasteiger partial charge in [-0.05, 0) is 52.7 Å². The molecule has 0 fully saturated rings. The Morgan fingerprint density at radius 2 is 1.81 bits per heavy atom. The number of benzene rings is 1. The molecule has 2 N–H and O–H groups in total. The molecule has 0 saturated carbocycles. The Kier molecular flexibility index (Phi) is 10.8. The molecule has 3 aromatic rings. The Hall–Kier alpha value is -4.73. The van der Waals surface area contributed by atoms with Gasteiger partial charge in [0.2, 0.25) is 11.7 Å². The Balaban J connectivity index is 1.84. The van der Waals surface area contributed by atoms with Crippen molar-refractivity contribution in [3.8, 4) is 5.88 Å². The molecule has 0 aliphatic carbocycles. The van der Waals surface area contributed by atoms with Crippen LogP contribution in [0, 0.1) is 6.92 Å². The molecule has 0 aliphatic rings. The fourth-order valence-corrected chi connectivity index (χ4v) is 4.05. The summed E-state index contributed by atoms with van der Waals surface area (Å²) in [5, 5.41) is 9.73. The van der Waals surface area contributed by atoms with Crippen LogP contribution in [0.2, 0.25) is 0 Å². The van der Waals surface area contributed by atoms with Gasteiger partial charge >= 0.3 is 6.09 Å². The van der Waals surface area contributed by atoms with E-state index in [1.807, 2.05) is 37.3 Å².